The largest absolute Gasteiger partial charge is 0.382 e. The van der Waals surface area contributed by atoms with Crippen LogP contribution in [0.4, 0.5) is 0 Å². The summed E-state index contributed by atoms with van der Waals surface area (Å²) >= 11 is 0. The highest BCUT2D eigenvalue weighted by molar-refractivity contribution is 5.38. The molecule has 0 bridgehead atoms. The highest BCUT2D eigenvalue weighted by Crippen LogP contribution is 2.36. The smallest absolute Gasteiger partial charge is 0.256 e. The zero-order chi connectivity index (χ0) is 12.5. The number of aryl methyl sites for hydroxylation is 1. The second kappa shape index (κ2) is 4.51. The van der Waals surface area contributed by atoms with Crippen LogP contribution in [0.15, 0.2) is 28.8 Å². The summed E-state index contributed by atoms with van der Waals surface area (Å²) in [4.78, 5) is 4.25. The van der Waals surface area contributed by atoms with Crippen molar-refractivity contribution in [1.82, 2.24) is 10.1 Å². The van der Waals surface area contributed by atoms with Crippen molar-refractivity contribution < 1.29 is 9.63 Å². The van der Waals surface area contributed by atoms with Crippen LogP contribution in [0, 0.1) is 0 Å². The molecule has 2 unspecified atom stereocenters. The first-order valence-corrected chi connectivity index (χ1v) is 6.09. The zero-order valence-electron chi connectivity index (χ0n) is 9.91. The molecule has 1 aliphatic carbocycles. The monoisotopic (exact) mass is 245 g/mol. The molecule has 5 nitrogen and oxygen atoms in total. The molecule has 1 aromatic carbocycles. The Hall–Kier alpha value is -1.72. The molecular weight excluding hydrogens is 230 g/mol. The van der Waals surface area contributed by atoms with Gasteiger partial charge in [-0.1, -0.05) is 29.4 Å². The molecule has 1 aromatic heterocycles. The van der Waals surface area contributed by atoms with Gasteiger partial charge in [0.25, 0.3) is 5.89 Å². The first kappa shape index (κ1) is 11.4. The SMILES string of the molecule is NCC(O)c1nc(C2CCc3ccccc32)no1. The maximum absolute atomic E-state index is 9.56. The summed E-state index contributed by atoms with van der Waals surface area (Å²) in [6, 6.07) is 8.29. The number of hydrogen-bond acceptors (Lipinski definition) is 5. The Labute approximate surface area is 105 Å². The molecule has 1 heterocycles. The van der Waals surface area contributed by atoms with Crippen molar-refractivity contribution in [3.8, 4) is 0 Å². The van der Waals surface area contributed by atoms with Crippen molar-refractivity contribution in [2.24, 2.45) is 5.73 Å². The zero-order valence-corrected chi connectivity index (χ0v) is 9.91. The van der Waals surface area contributed by atoms with E-state index in [1.807, 2.05) is 12.1 Å². The van der Waals surface area contributed by atoms with Crippen LogP contribution in [-0.2, 0) is 6.42 Å². The predicted molar refractivity (Wildman–Crippen MR) is 64.9 cm³/mol. The molecule has 0 spiro atoms. The number of benzene rings is 1. The van der Waals surface area contributed by atoms with Crippen LogP contribution in [0.1, 0.15) is 41.3 Å². The van der Waals surface area contributed by atoms with Crippen molar-refractivity contribution in [3.05, 3.63) is 47.1 Å². The van der Waals surface area contributed by atoms with Gasteiger partial charge in [-0.3, -0.25) is 0 Å². The van der Waals surface area contributed by atoms with E-state index in [-0.39, 0.29) is 18.4 Å². The fraction of sp³-hybridized carbons (Fsp3) is 0.385. The summed E-state index contributed by atoms with van der Waals surface area (Å²) in [6.07, 6.45) is 1.14. The van der Waals surface area contributed by atoms with Crippen LogP contribution in [0.2, 0.25) is 0 Å². The van der Waals surface area contributed by atoms with E-state index in [1.165, 1.54) is 11.1 Å². The lowest BCUT2D eigenvalue weighted by Crippen LogP contribution is -2.12. The van der Waals surface area contributed by atoms with Gasteiger partial charge in [0, 0.05) is 12.5 Å². The number of rotatable bonds is 3. The summed E-state index contributed by atoms with van der Waals surface area (Å²) in [5.74, 6) is 1.02. The Morgan fingerprint density at radius 3 is 3.11 bits per heavy atom. The number of aromatic nitrogens is 2. The van der Waals surface area contributed by atoms with E-state index in [4.69, 9.17) is 10.3 Å². The van der Waals surface area contributed by atoms with E-state index < -0.39 is 6.10 Å². The molecule has 0 fully saturated rings. The fourth-order valence-electron chi connectivity index (χ4n) is 2.45. The van der Waals surface area contributed by atoms with Crippen molar-refractivity contribution in [2.75, 3.05) is 6.54 Å². The van der Waals surface area contributed by atoms with E-state index in [2.05, 4.69) is 22.3 Å². The lowest BCUT2D eigenvalue weighted by Gasteiger charge is -2.05. The second-order valence-corrected chi connectivity index (χ2v) is 4.53. The first-order valence-electron chi connectivity index (χ1n) is 6.09. The molecule has 2 atom stereocenters. The maximum atomic E-state index is 9.56. The lowest BCUT2D eigenvalue weighted by atomic mass is 10.0. The standard InChI is InChI=1S/C13H15N3O2/c14-7-11(17)13-15-12(16-18-13)10-6-5-8-3-1-2-4-9(8)10/h1-4,10-11,17H,5-7,14H2. The summed E-state index contributed by atoms with van der Waals surface area (Å²) in [5.41, 5.74) is 7.96. The van der Waals surface area contributed by atoms with Gasteiger partial charge in [0.2, 0.25) is 0 Å². The molecule has 2 aromatic rings. The van der Waals surface area contributed by atoms with Crippen LogP contribution in [-0.4, -0.2) is 21.8 Å². The van der Waals surface area contributed by atoms with E-state index >= 15 is 0 Å². The van der Waals surface area contributed by atoms with Gasteiger partial charge in [-0.2, -0.15) is 4.98 Å². The van der Waals surface area contributed by atoms with Crippen LogP contribution < -0.4 is 5.73 Å². The number of aliphatic hydroxyl groups excluding tert-OH is 1. The van der Waals surface area contributed by atoms with Gasteiger partial charge in [0.1, 0.15) is 6.10 Å². The van der Waals surface area contributed by atoms with Gasteiger partial charge < -0.3 is 15.4 Å². The summed E-state index contributed by atoms with van der Waals surface area (Å²) in [7, 11) is 0. The van der Waals surface area contributed by atoms with Crippen LogP contribution >= 0.6 is 0 Å². The Bertz CT molecular complexity index is 553. The molecule has 3 rings (SSSR count). The number of hydrogen-bond donors (Lipinski definition) is 2. The Morgan fingerprint density at radius 2 is 2.28 bits per heavy atom. The topological polar surface area (TPSA) is 85.2 Å². The molecule has 94 valence electrons. The van der Waals surface area contributed by atoms with Gasteiger partial charge in [0.05, 0.1) is 0 Å². The number of aliphatic hydroxyl groups is 1. The minimum atomic E-state index is -0.872. The van der Waals surface area contributed by atoms with Gasteiger partial charge in [-0.05, 0) is 24.0 Å². The Balaban J connectivity index is 1.91. The summed E-state index contributed by atoms with van der Waals surface area (Å²) in [5, 5.41) is 13.5. The predicted octanol–water partition coefficient (Wildman–Crippen LogP) is 1.14. The number of nitrogens with zero attached hydrogens (tertiary/aromatic N) is 2. The third-order valence-corrected chi connectivity index (χ3v) is 3.41. The van der Waals surface area contributed by atoms with E-state index in [0.717, 1.165) is 12.8 Å². The van der Waals surface area contributed by atoms with Crippen molar-refractivity contribution in [1.29, 1.82) is 0 Å². The van der Waals surface area contributed by atoms with E-state index in [0.29, 0.717) is 5.82 Å². The molecule has 0 radical (unpaired) electrons. The van der Waals surface area contributed by atoms with Crippen LogP contribution in [0.5, 0.6) is 0 Å². The minimum Gasteiger partial charge on any atom is -0.382 e. The minimum absolute atomic E-state index is 0.0862. The quantitative estimate of drug-likeness (QED) is 0.847. The Kier molecular flexibility index (Phi) is 2.85. The second-order valence-electron chi connectivity index (χ2n) is 4.53. The fourth-order valence-corrected chi connectivity index (χ4v) is 2.45. The molecule has 0 aliphatic heterocycles. The number of fused-ring (bicyclic) bond motifs is 1. The lowest BCUT2D eigenvalue weighted by molar-refractivity contribution is 0.141. The molecule has 18 heavy (non-hydrogen) atoms. The average Bonchev–Trinajstić information content (AvgIpc) is 3.03. The summed E-state index contributed by atoms with van der Waals surface area (Å²) < 4.78 is 5.05. The molecule has 0 saturated heterocycles. The van der Waals surface area contributed by atoms with Crippen molar-refractivity contribution in [3.63, 3.8) is 0 Å². The highest BCUT2D eigenvalue weighted by atomic mass is 16.5. The van der Waals surface area contributed by atoms with Crippen molar-refractivity contribution >= 4 is 0 Å². The average molecular weight is 245 g/mol. The highest BCUT2D eigenvalue weighted by Gasteiger charge is 2.28. The third kappa shape index (κ3) is 1.81. The molecule has 1 aliphatic rings. The van der Waals surface area contributed by atoms with Gasteiger partial charge >= 0.3 is 0 Å². The maximum Gasteiger partial charge on any atom is 0.256 e. The van der Waals surface area contributed by atoms with Gasteiger partial charge in [0.15, 0.2) is 5.82 Å². The van der Waals surface area contributed by atoms with Crippen molar-refractivity contribution in [2.45, 2.75) is 24.9 Å². The number of nitrogens with two attached hydrogens (primary N) is 1. The molecule has 3 N–H and O–H groups in total. The normalized spacial score (nSPS) is 19.8. The molecule has 0 saturated carbocycles. The summed E-state index contributed by atoms with van der Waals surface area (Å²) in [6.45, 7) is 0.0862. The van der Waals surface area contributed by atoms with Crippen LogP contribution in [0.3, 0.4) is 0 Å². The van der Waals surface area contributed by atoms with E-state index in [9.17, 15) is 5.11 Å². The molecule has 5 heteroatoms. The van der Waals surface area contributed by atoms with E-state index in [1.54, 1.807) is 0 Å². The first-order chi connectivity index (χ1) is 8.79. The Morgan fingerprint density at radius 1 is 1.44 bits per heavy atom. The van der Waals surface area contributed by atoms with Crippen LogP contribution in [0.25, 0.3) is 0 Å². The molecule has 0 amide bonds. The molecular formula is C13H15N3O2. The van der Waals surface area contributed by atoms with Gasteiger partial charge in [-0.25, -0.2) is 0 Å². The van der Waals surface area contributed by atoms with Gasteiger partial charge in [-0.15, -0.1) is 0 Å². The third-order valence-electron chi connectivity index (χ3n) is 3.41.